The molecule has 0 aliphatic carbocycles. The number of rotatable bonds is 4. The molecular weight excluding hydrogens is 425 g/mol. The molecular formula is C17H19F3N6OS2. The predicted molar refractivity (Wildman–Crippen MR) is 103 cm³/mol. The van der Waals surface area contributed by atoms with Crippen molar-refractivity contribution < 1.29 is 17.9 Å². The van der Waals surface area contributed by atoms with Crippen LogP contribution in [0.3, 0.4) is 0 Å². The van der Waals surface area contributed by atoms with E-state index in [-0.39, 0.29) is 5.16 Å². The van der Waals surface area contributed by atoms with E-state index in [1.165, 1.54) is 7.05 Å². The maximum atomic E-state index is 13.1. The first-order valence-electron chi connectivity index (χ1n) is 8.95. The van der Waals surface area contributed by atoms with Crippen molar-refractivity contribution in [1.82, 2.24) is 29.6 Å². The van der Waals surface area contributed by atoms with Crippen molar-refractivity contribution in [3.63, 3.8) is 0 Å². The molecule has 0 bridgehead atoms. The number of ether oxygens (including phenoxy) is 1. The van der Waals surface area contributed by atoms with Gasteiger partial charge in [-0.3, -0.25) is 4.90 Å². The first kappa shape index (κ1) is 20.5. The summed E-state index contributed by atoms with van der Waals surface area (Å²) in [5, 5.41) is 8.65. The molecule has 0 atom stereocenters. The number of fused-ring (bicyclic) bond motifs is 1. The molecule has 0 unspecified atom stereocenters. The topological polar surface area (TPSA) is 69.0 Å². The van der Waals surface area contributed by atoms with E-state index in [4.69, 9.17) is 14.7 Å². The number of aromatic nitrogens is 5. The molecule has 12 heteroatoms. The van der Waals surface area contributed by atoms with Crippen LogP contribution in [0.4, 0.5) is 13.2 Å². The minimum Gasteiger partial charge on any atom is -0.379 e. The second-order valence-electron chi connectivity index (χ2n) is 6.76. The molecule has 0 N–H and O–H groups in total. The Labute approximate surface area is 173 Å². The van der Waals surface area contributed by atoms with Gasteiger partial charge in [0.15, 0.2) is 5.16 Å². The molecule has 0 aromatic carbocycles. The zero-order chi connectivity index (χ0) is 20.8. The number of thiophene rings is 1. The van der Waals surface area contributed by atoms with Gasteiger partial charge in [-0.1, -0.05) is 0 Å². The van der Waals surface area contributed by atoms with Crippen LogP contribution in [0.2, 0.25) is 0 Å². The van der Waals surface area contributed by atoms with Gasteiger partial charge in [0.2, 0.25) is 5.82 Å². The van der Waals surface area contributed by atoms with Crippen LogP contribution in [0.25, 0.3) is 10.2 Å². The molecule has 1 fully saturated rings. The Balaban J connectivity index is 1.73. The second-order valence-corrected chi connectivity index (χ2v) is 8.92. The van der Waals surface area contributed by atoms with E-state index < -0.39 is 12.0 Å². The van der Waals surface area contributed by atoms with Crippen molar-refractivity contribution >= 4 is 33.3 Å². The largest absolute Gasteiger partial charge is 0.451 e. The lowest BCUT2D eigenvalue weighted by Crippen LogP contribution is -2.36. The first-order valence-corrected chi connectivity index (χ1v) is 10.6. The summed E-state index contributed by atoms with van der Waals surface area (Å²) in [4.78, 5) is 13.5. The summed E-state index contributed by atoms with van der Waals surface area (Å²) in [6.45, 7) is 7.47. The molecule has 0 amide bonds. The number of morpholine rings is 1. The summed E-state index contributed by atoms with van der Waals surface area (Å²) in [7, 11) is 1.31. The van der Waals surface area contributed by atoms with Gasteiger partial charge in [0.25, 0.3) is 0 Å². The molecule has 3 aromatic rings. The monoisotopic (exact) mass is 444 g/mol. The molecule has 1 saturated heterocycles. The highest BCUT2D eigenvalue weighted by atomic mass is 32.2. The Morgan fingerprint density at radius 3 is 2.52 bits per heavy atom. The first-order chi connectivity index (χ1) is 13.7. The maximum Gasteiger partial charge on any atom is 0.451 e. The van der Waals surface area contributed by atoms with Gasteiger partial charge in [-0.25, -0.2) is 9.97 Å². The van der Waals surface area contributed by atoms with Crippen LogP contribution in [0.5, 0.6) is 0 Å². The number of halogens is 3. The van der Waals surface area contributed by atoms with Gasteiger partial charge in [0, 0.05) is 30.4 Å². The van der Waals surface area contributed by atoms with Gasteiger partial charge < -0.3 is 9.30 Å². The van der Waals surface area contributed by atoms with Crippen LogP contribution in [-0.4, -0.2) is 55.9 Å². The van der Waals surface area contributed by atoms with Crippen LogP contribution in [0.1, 0.15) is 22.1 Å². The maximum absolute atomic E-state index is 13.1. The van der Waals surface area contributed by atoms with Crippen LogP contribution >= 0.6 is 23.1 Å². The molecule has 0 radical (unpaired) electrons. The lowest BCUT2D eigenvalue weighted by atomic mass is 10.2. The third-order valence-electron chi connectivity index (χ3n) is 4.79. The second kappa shape index (κ2) is 7.82. The standard InChI is InChI=1S/C17H19F3N6OS2/c1-9-10(2)28-13-12(9)14(22-11(21-13)8-26-4-6-27-7-5-26)29-16-24-23-15(25(16)3)17(18,19)20/h4-8H2,1-3H3. The number of aryl methyl sites for hydroxylation is 2. The van der Waals surface area contributed by atoms with E-state index in [1.54, 1.807) is 11.3 Å². The zero-order valence-electron chi connectivity index (χ0n) is 16.1. The lowest BCUT2D eigenvalue weighted by molar-refractivity contribution is -0.147. The van der Waals surface area contributed by atoms with Crippen LogP contribution in [0.15, 0.2) is 10.2 Å². The summed E-state index contributed by atoms with van der Waals surface area (Å²) < 4.78 is 45.6. The fourth-order valence-electron chi connectivity index (χ4n) is 3.10. The van der Waals surface area contributed by atoms with E-state index in [1.807, 2.05) is 13.8 Å². The van der Waals surface area contributed by atoms with Gasteiger partial charge in [-0.15, -0.1) is 21.5 Å². The highest BCUT2D eigenvalue weighted by Gasteiger charge is 2.37. The van der Waals surface area contributed by atoms with E-state index in [0.717, 1.165) is 50.1 Å². The lowest BCUT2D eigenvalue weighted by Gasteiger charge is -2.25. The van der Waals surface area contributed by atoms with Gasteiger partial charge in [-0.05, 0) is 31.2 Å². The fourth-order valence-corrected chi connectivity index (χ4v) is 5.19. The SMILES string of the molecule is Cc1sc2nc(CN3CCOCC3)nc(Sc3nnc(C(F)(F)F)n3C)c2c1C. The van der Waals surface area contributed by atoms with Crippen molar-refractivity contribution in [3.8, 4) is 0 Å². The van der Waals surface area contributed by atoms with Crippen molar-refractivity contribution in [1.29, 1.82) is 0 Å². The van der Waals surface area contributed by atoms with Crippen LogP contribution in [-0.2, 0) is 24.5 Å². The Hall–Kier alpha value is -1.76. The molecule has 0 saturated carbocycles. The van der Waals surface area contributed by atoms with Gasteiger partial charge >= 0.3 is 6.18 Å². The van der Waals surface area contributed by atoms with Crippen LogP contribution < -0.4 is 0 Å². The Kier molecular flexibility index (Phi) is 5.53. The number of hydrogen-bond acceptors (Lipinski definition) is 8. The van der Waals surface area contributed by atoms with Crippen molar-refractivity contribution in [2.45, 2.75) is 36.8 Å². The number of nitrogens with zero attached hydrogens (tertiary/aromatic N) is 6. The van der Waals surface area contributed by atoms with Crippen molar-refractivity contribution in [2.75, 3.05) is 26.3 Å². The van der Waals surface area contributed by atoms with Crippen molar-refractivity contribution in [2.24, 2.45) is 7.05 Å². The van der Waals surface area contributed by atoms with Crippen molar-refractivity contribution in [3.05, 3.63) is 22.1 Å². The summed E-state index contributed by atoms with van der Waals surface area (Å²) in [5.74, 6) is -0.390. The summed E-state index contributed by atoms with van der Waals surface area (Å²) in [6, 6.07) is 0. The van der Waals surface area contributed by atoms with E-state index in [2.05, 4.69) is 15.1 Å². The van der Waals surface area contributed by atoms with Gasteiger partial charge in [0.05, 0.1) is 19.8 Å². The highest BCUT2D eigenvalue weighted by molar-refractivity contribution is 7.99. The summed E-state index contributed by atoms with van der Waals surface area (Å²) in [6.07, 6.45) is -4.56. The normalized spacial score (nSPS) is 16.1. The molecule has 3 aromatic heterocycles. The molecule has 156 valence electrons. The Morgan fingerprint density at radius 2 is 1.86 bits per heavy atom. The minimum atomic E-state index is -4.56. The van der Waals surface area contributed by atoms with Crippen LogP contribution in [0, 0.1) is 13.8 Å². The molecule has 4 heterocycles. The third-order valence-corrected chi connectivity index (χ3v) is 6.91. The smallest absolute Gasteiger partial charge is 0.379 e. The quantitative estimate of drug-likeness (QED) is 0.571. The third kappa shape index (κ3) is 4.11. The average Bonchev–Trinajstić information content (AvgIpc) is 3.16. The zero-order valence-corrected chi connectivity index (χ0v) is 17.7. The molecule has 1 aliphatic heterocycles. The number of alkyl halides is 3. The molecule has 7 nitrogen and oxygen atoms in total. The summed E-state index contributed by atoms with van der Waals surface area (Å²) in [5.41, 5.74) is 1.03. The predicted octanol–water partition coefficient (Wildman–Crippen LogP) is 3.44. The fraction of sp³-hybridized carbons (Fsp3) is 0.529. The van der Waals surface area contributed by atoms with Gasteiger partial charge in [0.1, 0.15) is 15.7 Å². The van der Waals surface area contributed by atoms with E-state index in [9.17, 15) is 13.2 Å². The average molecular weight is 445 g/mol. The molecule has 29 heavy (non-hydrogen) atoms. The number of hydrogen-bond donors (Lipinski definition) is 0. The Bertz CT molecular complexity index is 1040. The minimum absolute atomic E-state index is 0.137. The summed E-state index contributed by atoms with van der Waals surface area (Å²) >= 11 is 2.65. The molecule has 1 aliphatic rings. The van der Waals surface area contributed by atoms with E-state index >= 15 is 0 Å². The highest BCUT2D eigenvalue weighted by Crippen LogP contribution is 2.38. The van der Waals surface area contributed by atoms with E-state index in [0.29, 0.717) is 30.6 Å². The van der Waals surface area contributed by atoms with Gasteiger partial charge in [-0.2, -0.15) is 13.2 Å². The Morgan fingerprint density at radius 1 is 1.14 bits per heavy atom. The molecule has 0 spiro atoms. The molecule has 4 rings (SSSR count).